The van der Waals surface area contributed by atoms with E-state index in [1.807, 2.05) is 0 Å². The van der Waals surface area contributed by atoms with Crippen LogP contribution in [-0.4, -0.2) is 96.7 Å². The molecule has 0 aromatic rings. The SMILES string of the molecule is CCC(C)CCCCCCCCCCCCCCCCC(=O)OC[C@H](COP(=O)(O)OC[C@@H](O)COP(=O)(O)OC[C@@H](COC(=O)CCCCCCCCC(C)CC)OC(=O)CCCCCCCCCCCCCCCCCCC(C)C)OC(=O)CCCCCCCCCCCCCCCCC(C)C. The van der Waals surface area contributed by atoms with Crippen molar-refractivity contribution in [3.05, 3.63) is 0 Å². The van der Waals surface area contributed by atoms with Crippen LogP contribution in [0.15, 0.2) is 0 Å². The van der Waals surface area contributed by atoms with Crippen LogP contribution in [0.4, 0.5) is 0 Å². The van der Waals surface area contributed by atoms with E-state index in [2.05, 4.69) is 55.4 Å². The summed E-state index contributed by atoms with van der Waals surface area (Å²) in [5, 5.41) is 10.7. The minimum Gasteiger partial charge on any atom is -0.462 e. The highest BCUT2D eigenvalue weighted by Gasteiger charge is 2.30. The lowest BCUT2D eigenvalue weighted by molar-refractivity contribution is -0.161. The number of aliphatic hydroxyl groups is 1. The summed E-state index contributed by atoms with van der Waals surface area (Å²) in [6, 6.07) is 0. The summed E-state index contributed by atoms with van der Waals surface area (Å²) in [7, 11) is -9.93. The van der Waals surface area contributed by atoms with Gasteiger partial charge in [0, 0.05) is 25.7 Å². The standard InChI is InChI=1S/C85H166O17P2/c1-9-77(7)63-55-47-39-33-27-21-16-18-22-28-34-40-49-57-65-82(87)95-71-80(101-84(89)67-60-52-42-36-30-24-17-15-20-26-32-38-46-54-62-76(5)6)73-99-103(91,92)97-69-79(86)70-98-104(93,94)100-74-81(72-96-83(88)66-58-50-44-43-48-56-64-78(8)10-2)102-85(90)68-59-51-41-35-29-23-14-12-11-13-19-25-31-37-45-53-61-75(3)4/h75-81,86H,9-74H2,1-8H3,(H,91,92)(H,93,94)/t77?,78?,79-,80-,81-/m1/s1. The van der Waals surface area contributed by atoms with Gasteiger partial charge in [-0.25, -0.2) is 9.13 Å². The van der Waals surface area contributed by atoms with Crippen LogP contribution in [0.25, 0.3) is 0 Å². The maximum absolute atomic E-state index is 13.1. The minimum absolute atomic E-state index is 0.107. The average molecular weight is 1520 g/mol. The summed E-state index contributed by atoms with van der Waals surface area (Å²) in [6.07, 6.45) is 62.4. The molecule has 0 aromatic heterocycles. The number of phosphoric acid groups is 2. The molecule has 104 heavy (non-hydrogen) atoms. The Morgan fingerprint density at radius 2 is 0.462 bits per heavy atom. The molecule has 4 unspecified atom stereocenters. The van der Waals surface area contributed by atoms with Crippen molar-refractivity contribution >= 4 is 39.5 Å². The zero-order valence-corrected chi connectivity index (χ0v) is 70.5. The van der Waals surface area contributed by atoms with Gasteiger partial charge in [0.25, 0.3) is 0 Å². The van der Waals surface area contributed by atoms with Gasteiger partial charge in [0.1, 0.15) is 19.3 Å². The molecule has 0 spiro atoms. The molecule has 0 heterocycles. The first-order valence-electron chi connectivity index (χ1n) is 43.8. The Hall–Kier alpha value is -1.94. The van der Waals surface area contributed by atoms with Gasteiger partial charge in [0.15, 0.2) is 12.2 Å². The maximum Gasteiger partial charge on any atom is 0.472 e. The van der Waals surface area contributed by atoms with Crippen LogP contribution >= 0.6 is 15.6 Å². The second-order valence-electron chi connectivity index (χ2n) is 32.0. The van der Waals surface area contributed by atoms with Crippen LogP contribution in [0.5, 0.6) is 0 Å². The summed E-state index contributed by atoms with van der Waals surface area (Å²) < 4.78 is 68.9. The summed E-state index contributed by atoms with van der Waals surface area (Å²) in [4.78, 5) is 73.2. The Morgan fingerprint density at radius 1 is 0.269 bits per heavy atom. The van der Waals surface area contributed by atoms with E-state index < -0.39 is 97.5 Å². The highest BCUT2D eigenvalue weighted by molar-refractivity contribution is 7.47. The van der Waals surface area contributed by atoms with E-state index in [-0.39, 0.29) is 25.7 Å². The highest BCUT2D eigenvalue weighted by Crippen LogP contribution is 2.45. The molecule has 0 amide bonds. The van der Waals surface area contributed by atoms with Crippen LogP contribution in [0.3, 0.4) is 0 Å². The van der Waals surface area contributed by atoms with Crippen molar-refractivity contribution in [1.82, 2.24) is 0 Å². The van der Waals surface area contributed by atoms with Crippen LogP contribution in [0.2, 0.25) is 0 Å². The normalized spacial score (nSPS) is 14.5. The van der Waals surface area contributed by atoms with Crippen molar-refractivity contribution in [3.63, 3.8) is 0 Å². The van der Waals surface area contributed by atoms with Gasteiger partial charge in [0.05, 0.1) is 26.4 Å². The topological polar surface area (TPSA) is 237 Å². The Bertz CT molecular complexity index is 2030. The fourth-order valence-corrected chi connectivity index (χ4v) is 14.7. The number of phosphoric ester groups is 2. The number of hydrogen-bond donors (Lipinski definition) is 3. The van der Waals surface area contributed by atoms with E-state index in [9.17, 15) is 43.2 Å². The molecule has 0 bridgehead atoms. The number of carbonyl (C=O) groups is 4. The minimum atomic E-state index is -4.97. The second kappa shape index (κ2) is 73.8. The quantitative estimate of drug-likeness (QED) is 0.0222. The van der Waals surface area contributed by atoms with E-state index in [0.717, 1.165) is 120 Å². The lowest BCUT2D eigenvalue weighted by Crippen LogP contribution is -2.30. The lowest BCUT2D eigenvalue weighted by atomic mass is 9.99. The molecule has 19 heteroatoms. The summed E-state index contributed by atoms with van der Waals surface area (Å²) in [6.45, 7) is 14.3. The molecule has 7 atom stereocenters. The number of hydrogen-bond acceptors (Lipinski definition) is 15. The molecule has 0 aliphatic carbocycles. The molecule has 618 valence electrons. The van der Waals surface area contributed by atoms with E-state index in [1.165, 1.54) is 238 Å². The van der Waals surface area contributed by atoms with Crippen molar-refractivity contribution in [3.8, 4) is 0 Å². The van der Waals surface area contributed by atoms with Gasteiger partial charge in [-0.3, -0.25) is 37.3 Å². The number of rotatable bonds is 82. The third kappa shape index (κ3) is 75.5. The van der Waals surface area contributed by atoms with Gasteiger partial charge in [0.2, 0.25) is 0 Å². The predicted octanol–water partition coefficient (Wildman–Crippen LogP) is 25.6. The zero-order chi connectivity index (χ0) is 76.7. The van der Waals surface area contributed by atoms with Crippen molar-refractivity contribution in [1.29, 1.82) is 0 Å². The van der Waals surface area contributed by atoms with Crippen molar-refractivity contribution in [2.24, 2.45) is 23.7 Å². The average Bonchev–Trinajstić information content (AvgIpc) is 0.924. The Kier molecular flexibility index (Phi) is 72.5. The Morgan fingerprint density at radius 3 is 0.683 bits per heavy atom. The van der Waals surface area contributed by atoms with Gasteiger partial charge < -0.3 is 33.8 Å². The van der Waals surface area contributed by atoms with Crippen LogP contribution in [0, 0.1) is 23.7 Å². The number of unbranched alkanes of at least 4 members (excludes halogenated alkanes) is 46. The molecule has 0 saturated heterocycles. The van der Waals surface area contributed by atoms with Gasteiger partial charge in [-0.2, -0.15) is 0 Å². The van der Waals surface area contributed by atoms with Gasteiger partial charge >= 0.3 is 39.5 Å². The highest BCUT2D eigenvalue weighted by atomic mass is 31.2. The molecule has 0 radical (unpaired) electrons. The summed E-state index contributed by atoms with van der Waals surface area (Å²) in [5.41, 5.74) is 0. The largest absolute Gasteiger partial charge is 0.472 e. The molecule has 17 nitrogen and oxygen atoms in total. The van der Waals surface area contributed by atoms with Gasteiger partial charge in [-0.1, -0.05) is 389 Å². The molecular weight excluding hydrogens is 1350 g/mol. The first kappa shape index (κ1) is 102. The maximum atomic E-state index is 13.1. The fraction of sp³-hybridized carbons (Fsp3) is 0.953. The molecule has 3 N–H and O–H groups in total. The molecule has 0 aliphatic rings. The molecular formula is C85H166O17P2. The number of aliphatic hydroxyl groups excluding tert-OH is 1. The van der Waals surface area contributed by atoms with Gasteiger partial charge in [-0.05, 0) is 49.4 Å². The van der Waals surface area contributed by atoms with E-state index in [0.29, 0.717) is 25.7 Å². The first-order chi connectivity index (χ1) is 50.2. The Balaban J connectivity index is 5.24. The Labute approximate surface area is 638 Å². The monoisotopic (exact) mass is 1520 g/mol. The van der Waals surface area contributed by atoms with Crippen molar-refractivity contribution in [2.45, 2.75) is 459 Å². The second-order valence-corrected chi connectivity index (χ2v) is 34.9. The van der Waals surface area contributed by atoms with Crippen LogP contribution in [-0.2, 0) is 65.4 Å². The van der Waals surface area contributed by atoms with E-state index in [1.54, 1.807) is 0 Å². The molecule has 0 fully saturated rings. The van der Waals surface area contributed by atoms with E-state index >= 15 is 0 Å². The number of carbonyl (C=O) groups excluding carboxylic acids is 4. The first-order valence-corrected chi connectivity index (χ1v) is 46.8. The van der Waals surface area contributed by atoms with Crippen LogP contribution in [0.1, 0.15) is 441 Å². The number of esters is 4. The van der Waals surface area contributed by atoms with Crippen LogP contribution < -0.4 is 0 Å². The number of ether oxygens (including phenoxy) is 4. The van der Waals surface area contributed by atoms with Crippen molar-refractivity contribution in [2.75, 3.05) is 39.6 Å². The molecule has 0 saturated carbocycles. The third-order valence-electron chi connectivity index (χ3n) is 20.5. The molecule has 0 aliphatic heterocycles. The third-order valence-corrected chi connectivity index (χ3v) is 22.4. The lowest BCUT2D eigenvalue weighted by Gasteiger charge is -2.21. The fourth-order valence-electron chi connectivity index (χ4n) is 13.1. The van der Waals surface area contributed by atoms with E-state index in [4.69, 9.17) is 37.0 Å². The summed E-state index contributed by atoms with van der Waals surface area (Å²) in [5.74, 6) is 1.08. The smallest absolute Gasteiger partial charge is 0.462 e. The molecule has 0 aromatic carbocycles. The zero-order valence-electron chi connectivity index (χ0n) is 68.7. The van der Waals surface area contributed by atoms with Gasteiger partial charge in [-0.15, -0.1) is 0 Å². The molecule has 0 rings (SSSR count). The summed E-state index contributed by atoms with van der Waals surface area (Å²) >= 11 is 0. The van der Waals surface area contributed by atoms with Crippen molar-refractivity contribution < 1.29 is 80.2 Å². The predicted molar refractivity (Wildman–Crippen MR) is 428 cm³/mol.